The fourth-order valence-corrected chi connectivity index (χ4v) is 3.16. The number of carbonyl (C=O) groups is 1. The molecule has 126 valence electrons. The van der Waals surface area contributed by atoms with Crippen molar-refractivity contribution < 1.29 is 26.7 Å². The lowest BCUT2D eigenvalue weighted by Gasteiger charge is -2.34. The summed E-state index contributed by atoms with van der Waals surface area (Å²) in [5, 5.41) is 0. The molecule has 0 radical (unpaired) electrons. The first-order valence-corrected chi connectivity index (χ1v) is 7.36. The Balaban J connectivity index is 2.02. The Morgan fingerprint density at radius 3 is 2.30 bits per heavy atom. The van der Waals surface area contributed by atoms with Gasteiger partial charge in [-0.25, -0.2) is 8.78 Å². The number of thiol groups is 1. The molecule has 0 spiro atoms. The van der Waals surface area contributed by atoms with Gasteiger partial charge in [0.05, 0.1) is 12.1 Å². The summed E-state index contributed by atoms with van der Waals surface area (Å²) < 4.78 is 67.2. The van der Waals surface area contributed by atoms with Gasteiger partial charge in [0.1, 0.15) is 0 Å². The van der Waals surface area contributed by atoms with Crippen LogP contribution in [0.5, 0.6) is 0 Å². The lowest BCUT2D eigenvalue weighted by molar-refractivity contribution is -0.138. The molecule has 2 aliphatic heterocycles. The Morgan fingerprint density at radius 2 is 1.74 bits per heavy atom. The molecule has 3 rings (SSSR count). The number of piperidine rings is 1. The zero-order valence-electron chi connectivity index (χ0n) is 11.8. The number of fused-ring (bicyclic) bond motifs is 1. The molecule has 2 heterocycles. The van der Waals surface area contributed by atoms with Gasteiger partial charge in [-0.1, -0.05) is 12.8 Å². The Labute approximate surface area is 134 Å². The Bertz CT molecular complexity index is 651. The molecule has 1 aromatic carbocycles. The largest absolute Gasteiger partial charge is 0.416 e. The predicted molar refractivity (Wildman–Crippen MR) is 76.7 cm³/mol. The predicted octanol–water partition coefficient (Wildman–Crippen LogP) is 3.74. The lowest BCUT2D eigenvalue weighted by atomic mass is 9.99. The van der Waals surface area contributed by atoms with E-state index in [0.29, 0.717) is 0 Å². The highest BCUT2D eigenvalue weighted by Gasteiger charge is 2.41. The average Bonchev–Trinajstić information content (AvgIpc) is 2.72. The lowest BCUT2D eigenvalue weighted by Crippen LogP contribution is -2.39. The van der Waals surface area contributed by atoms with E-state index in [1.807, 2.05) is 0 Å². The van der Waals surface area contributed by atoms with Gasteiger partial charge < -0.3 is 4.90 Å². The van der Waals surface area contributed by atoms with Crippen molar-refractivity contribution in [2.75, 3.05) is 18.0 Å². The number of halogens is 5. The normalized spacial score (nSPS) is 20.9. The third-order valence-corrected chi connectivity index (χ3v) is 4.50. The number of alkyl halides is 5. The van der Waals surface area contributed by atoms with Crippen molar-refractivity contribution in [3.8, 4) is 0 Å². The summed E-state index contributed by atoms with van der Waals surface area (Å²) >= 11 is 3.86. The summed E-state index contributed by atoms with van der Waals surface area (Å²) in [7, 11) is 0. The Morgan fingerprint density at radius 1 is 1.13 bits per heavy atom. The molecule has 1 fully saturated rings. The molecule has 0 saturated carbocycles. The van der Waals surface area contributed by atoms with Crippen LogP contribution in [0.25, 0.3) is 0 Å². The SMILES string of the molecule is O=C1c2cc(N3CCC(F)(F)CC3)cc(C(F)(F)F)c2CN1S. The third-order valence-electron chi connectivity index (χ3n) is 4.17. The number of hydrogen-bond donors (Lipinski definition) is 1. The van der Waals surface area contributed by atoms with Crippen molar-refractivity contribution in [2.45, 2.75) is 31.5 Å². The van der Waals surface area contributed by atoms with Crippen LogP contribution in [0, 0.1) is 0 Å². The van der Waals surface area contributed by atoms with Crippen molar-refractivity contribution >= 4 is 24.4 Å². The summed E-state index contributed by atoms with van der Waals surface area (Å²) in [6, 6.07) is 2.27. The number of carbonyl (C=O) groups excluding carboxylic acids is 1. The Hall–Kier alpha value is -1.51. The molecule has 0 atom stereocenters. The van der Waals surface area contributed by atoms with Crippen molar-refractivity contribution in [3.63, 3.8) is 0 Å². The minimum atomic E-state index is -4.63. The molecule has 0 N–H and O–H groups in total. The smallest absolute Gasteiger partial charge is 0.371 e. The highest BCUT2D eigenvalue weighted by Crippen LogP contribution is 2.41. The van der Waals surface area contributed by atoms with E-state index in [1.165, 1.54) is 11.0 Å². The van der Waals surface area contributed by atoms with Crippen LogP contribution < -0.4 is 4.90 Å². The second-order valence-corrected chi connectivity index (χ2v) is 6.21. The average molecular weight is 352 g/mol. The monoisotopic (exact) mass is 352 g/mol. The molecule has 23 heavy (non-hydrogen) atoms. The van der Waals surface area contributed by atoms with Crippen molar-refractivity contribution in [1.29, 1.82) is 0 Å². The fourth-order valence-electron chi connectivity index (χ4n) is 2.91. The standard InChI is InChI=1S/C14H13F5N2OS/c15-13(16)1-3-20(4-2-13)8-5-9-10(7-21(23)12(9)22)11(6-8)14(17,18)19/h5-6,23H,1-4,7H2. The van der Waals surface area contributed by atoms with Crippen LogP contribution in [-0.2, 0) is 12.7 Å². The van der Waals surface area contributed by atoms with Crippen LogP contribution in [0.2, 0.25) is 0 Å². The van der Waals surface area contributed by atoms with E-state index in [1.54, 1.807) is 0 Å². The van der Waals surface area contributed by atoms with E-state index in [9.17, 15) is 26.7 Å². The van der Waals surface area contributed by atoms with Gasteiger partial charge in [0, 0.05) is 37.2 Å². The van der Waals surface area contributed by atoms with Crippen LogP contribution in [0.15, 0.2) is 12.1 Å². The summed E-state index contributed by atoms with van der Waals surface area (Å²) in [6.07, 6.45) is -5.46. The molecule has 1 aromatic rings. The summed E-state index contributed by atoms with van der Waals surface area (Å²) in [4.78, 5) is 13.4. The molecule has 9 heteroatoms. The van der Waals surface area contributed by atoms with Crippen LogP contribution in [0.1, 0.15) is 34.3 Å². The molecular formula is C14H13F5N2OS. The zero-order chi connectivity index (χ0) is 17.0. The van der Waals surface area contributed by atoms with Crippen LogP contribution in [-0.4, -0.2) is 29.2 Å². The van der Waals surface area contributed by atoms with Gasteiger partial charge in [0.2, 0.25) is 0 Å². The number of amides is 1. The van der Waals surface area contributed by atoms with Crippen LogP contribution >= 0.6 is 12.8 Å². The number of hydrogen-bond acceptors (Lipinski definition) is 3. The maximum atomic E-state index is 13.3. The number of nitrogens with zero attached hydrogens (tertiary/aromatic N) is 2. The first-order valence-electron chi connectivity index (χ1n) is 6.96. The van der Waals surface area contributed by atoms with Gasteiger partial charge in [-0.15, -0.1) is 0 Å². The molecule has 1 saturated heterocycles. The van der Waals surface area contributed by atoms with Crippen molar-refractivity contribution in [1.82, 2.24) is 4.31 Å². The first-order chi connectivity index (χ1) is 10.6. The highest BCUT2D eigenvalue weighted by molar-refractivity contribution is 7.78. The summed E-state index contributed by atoms with van der Waals surface area (Å²) in [5.74, 6) is -3.41. The molecule has 0 bridgehead atoms. The summed E-state index contributed by atoms with van der Waals surface area (Å²) in [5.41, 5.74) is -0.957. The van der Waals surface area contributed by atoms with Gasteiger partial charge in [-0.3, -0.25) is 9.10 Å². The number of anilines is 1. The van der Waals surface area contributed by atoms with E-state index >= 15 is 0 Å². The highest BCUT2D eigenvalue weighted by atomic mass is 32.1. The summed E-state index contributed by atoms with van der Waals surface area (Å²) in [6.45, 7) is -0.339. The molecule has 1 amide bonds. The maximum absolute atomic E-state index is 13.3. The van der Waals surface area contributed by atoms with Gasteiger partial charge in [0.25, 0.3) is 11.8 Å². The van der Waals surface area contributed by atoms with E-state index in [2.05, 4.69) is 12.8 Å². The first kappa shape index (κ1) is 16.4. The minimum Gasteiger partial charge on any atom is -0.371 e. The van der Waals surface area contributed by atoms with Gasteiger partial charge in [-0.2, -0.15) is 13.2 Å². The van der Waals surface area contributed by atoms with Crippen molar-refractivity contribution in [3.05, 3.63) is 28.8 Å². The second-order valence-electron chi connectivity index (χ2n) is 5.72. The zero-order valence-corrected chi connectivity index (χ0v) is 12.7. The maximum Gasteiger partial charge on any atom is 0.416 e. The molecule has 0 aliphatic carbocycles. The molecule has 2 aliphatic rings. The van der Waals surface area contributed by atoms with Gasteiger partial charge in [-0.05, 0) is 17.7 Å². The van der Waals surface area contributed by atoms with Crippen LogP contribution in [0.3, 0.4) is 0 Å². The van der Waals surface area contributed by atoms with E-state index in [0.717, 1.165) is 10.4 Å². The number of benzene rings is 1. The molecule has 0 unspecified atom stereocenters. The molecular weight excluding hydrogens is 339 g/mol. The van der Waals surface area contributed by atoms with Crippen LogP contribution in [0.4, 0.5) is 27.6 Å². The fraction of sp³-hybridized carbons (Fsp3) is 0.500. The quantitative estimate of drug-likeness (QED) is 0.615. The van der Waals surface area contributed by atoms with Crippen molar-refractivity contribution in [2.24, 2.45) is 0 Å². The molecule has 3 nitrogen and oxygen atoms in total. The third kappa shape index (κ3) is 2.98. The van der Waals surface area contributed by atoms with Gasteiger partial charge >= 0.3 is 6.18 Å². The van der Waals surface area contributed by atoms with E-state index in [4.69, 9.17) is 0 Å². The van der Waals surface area contributed by atoms with E-state index < -0.39 is 36.4 Å². The molecule has 0 aromatic heterocycles. The van der Waals surface area contributed by atoms with E-state index in [-0.39, 0.29) is 36.4 Å². The Kier molecular flexibility index (Phi) is 3.74. The minimum absolute atomic E-state index is 0.0537. The number of rotatable bonds is 1. The second kappa shape index (κ2) is 5.25. The van der Waals surface area contributed by atoms with Gasteiger partial charge in [0.15, 0.2) is 0 Å². The topological polar surface area (TPSA) is 23.6 Å².